The number of hydrogen-bond donors (Lipinski definition) is 1. The Kier molecular flexibility index (Phi) is 7.65. The molecule has 4 rings (SSSR count). The highest BCUT2D eigenvalue weighted by atomic mass is 32.2. The molecule has 0 radical (unpaired) electrons. The lowest BCUT2D eigenvalue weighted by Gasteiger charge is -2.26. The Morgan fingerprint density at radius 2 is 1.65 bits per heavy atom. The molecule has 0 spiro atoms. The molecule has 2 heterocycles. The molecule has 2 fully saturated rings. The Morgan fingerprint density at radius 1 is 0.971 bits per heavy atom. The Balaban J connectivity index is 1.38. The van der Waals surface area contributed by atoms with Crippen LogP contribution in [-0.2, 0) is 26.0 Å². The number of ether oxygens (including phenoxy) is 1. The molecule has 0 bridgehead atoms. The van der Waals surface area contributed by atoms with E-state index >= 15 is 0 Å². The Morgan fingerprint density at radius 3 is 2.32 bits per heavy atom. The van der Waals surface area contributed by atoms with E-state index in [0.717, 1.165) is 37.1 Å². The van der Waals surface area contributed by atoms with Crippen molar-refractivity contribution in [2.45, 2.75) is 37.5 Å². The molecule has 0 aliphatic carbocycles. The summed E-state index contributed by atoms with van der Waals surface area (Å²) in [6.45, 7) is 4.88. The highest BCUT2D eigenvalue weighted by Crippen LogP contribution is 2.24. The molecule has 0 unspecified atom stereocenters. The van der Waals surface area contributed by atoms with Crippen LogP contribution in [0.2, 0.25) is 0 Å². The van der Waals surface area contributed by atoms with E-state index in [4.69, 9.17) is 4.74 Å². The summed E-state index contributed by atoms with van der Waals surface area (Å²) >= 11 is 0. The van der Waals surface area contributed by atoms with Crippen LogP contribution in [0, 0.1) is 6.92 Å². The number of rotatable bonds is 7. The quantitative estimate of drug-likeness (QED) is 0.651. The van der Waals surface area contributed by atoms with Gasteiger partial charge in [-0.2, -0.15) is 4.31 Å². The van der Waals surface area contributed by atoms with Crippen LogP contribution in [0.25, 0.3) is 0 Å². The smallest absolute Gasteiger partial charge is 0.255 e. The SMILES string of the molecule is Cc1cccc(C(=O)N2CCCC2)c1NC(=O)CCc1ccc(S(=O)(=O)N2CCOCC2)cc1. The van der Waals surface area contributed by atoms with Gasteiger partial charge < -0.3 is 15.0 Å². The standard InChI is InChI=1S/C25H31N3O5S/c1-19-5-4-6-22(25(30)27-13-2-3-14-27)24(19)26-23(29)12-9-20-7-10-21(11-8-20)34(31,32)28-15-17-33-18-16-28/h4-8,10-11H,2-3,9,12-18H2,1H3,(H,26,29). The maximum Gasteiger partial charge on any atom is 0.255 e. The van der Waals surface area contributed by atoms with Crippen molar-refractivity contribution in [2.24, 2.45) is 0 Å². The monoisotopic (exact) mass is 485 g/mol. The first-order chi connectivity index (χ1) is 16.4. The number of likely N-dealkylation sites (tertiary alicyclic amines) is 1. The lowest BCUT2D eigenvalue weighted by Crippen LogP contribution is -2.40. The minimum atomic E-state index is -3.54. The lowest BCUT2D eigenvalue weighted by atomic mass is 10.1. The number of hydrogen-bond acceptors (Lipinski definition) is 5. The molecular weight excluding hydrogens is 454 g/mol. The van der Waals surface area contributed by atoms with E-state index in [1.165, 1.54) is 4.31 Å². The fourth-order valence-corrected chi connectivity index (χ4v) is 5.73. The predicted molar refractivity (Wildman–Crippen MR) is 129 cm³/mol. The first-order valence-corrected chi connectivity index (χ1v) is 13.2. The largest absolute Gasteiger partial charge is 0.379 e. The van der Waals surface area contributed by atoms with Crippen LogP contribution in [0.1, 0.15) is 40.7 Å². The van der Waals surface area contributed by atoms with E-state index in [9.17, 15) is 18.0 Å². The van der Waals surface area contributed by atoms with Crippen molar-refractivity contribution in [1.29, 1.82) is 0 Å². The van der Waals surface area contributed by atoms with Gasteiger partial charge in [0.15, 0.2) is 0 Å². The number of nitrogens with zero attached hydrogens (tertiary/aromatic N) is 2. The van der Waals surface area contributed by atoms with Gasteiger partial charge >= 0.3 is 0 Å². The average molecular weight is 486 g/mol. The van der Waals surface area contributed by atoms with Crippen LogP contribution < -0.4 is 5.32 Å². The molecule has 2 aliphatic heterocycles. The third-order valence-electron chi connectivity index (χ3n) is 6.33. The Hall–Kier alpha value is -2.75. The van der Waals surface area contributed by atoms with Crippen LogP contribution in [-0.4, -0.2) is 68.8 Å². The number of morpholine rings is 1. The molecule has 0 aromatic heterocycles. The highest BCUT2D eigenvalue weighted by molar-refractivity contribution is 7.89. The molecule has 1 N–H and O–H groups in total. The molecule has 2 aliphatic rings. The predicted octanol–water partition coefficient (Wildman–Crippen LogP) is 2.82. The number of nitrogens with one attached hydrogen (secondary N) is 1. The van der Waals surface area contributed by atoms with Gasteiger partial charge in [0.25, 0.3) is 5.91 Å². The van der Waals surface area contributed by atoms with Gasteiger partial charge in [-0.1, -0.05) is 24.3 Å². The summed E-state index contributed by atoms with van der Waals surface area (Å²) < 4.78 is 32.2. The molecule has 9 heteroatoms. The average Bonchev–Trinajstić information content (AvgIpc) is 3.39. The van der Waals surface area contributed by atoms with Gasteiger partial charge in [-0.3, -0.25) is 9.59 Å². The Labute approximate surface area is 200 Å². The summed E-state index contributed by atoms with van der Waals surface area (Å²) in [4.78, 5) is 27.7. The third-order valence-corrected chi connectivity index (χ3v) is 8.25. The number of benzene rings is 2. The van der Waals surface area contributed by atoms with Gasteiger partial charge in [-0.25, -0.2) is 8.42 Å². The summed E-state index contributed by atoms with van der Waals surface area (Å²) in [6.07, 6.45) is 2.70. The fraction of sp³-hybridized carbons (Fsp3) is 0.440. The van der Waals surface area contributed by atoms with E-state index in [0.29, 0.717) is 44.0 Å². The van der Waals surface area contributed by atoms with Crippen LogP contribution in [0.5, 0.6) is 0 Å². The van der Waals surface area contributed by atoms with Crippen molar-refractivity contribution in [3.63, 3.8) is 0 Å². The van der Waals surface area contributed by atoms with Crippen molar-refractivity contribution in [2.75, 3.05) is 44.7 Å². The zero-order chi connectivity index (χ0) is 24.1. The fourth-order valence-electron chi connectivity index (χ4n) is 4.33. The number of carbonyl (C=O) groups is 2. The Bertz CT molecular complexity index is 1140. The molecule has 34 heavy (non-hydrogen) atoms. The second kappa shape index (κ2) is 10.7. The number of sulfonamides is 1. The first kappa shape index (κ1) is 24.4. The molecular formula is C25H31N3O5S. The molecule has 8 nitrogen and oxygen atoms in total. The van der Waals surface area contributed by atoms with Gasteiger partial charge in [0.1, 0.15) is 0 Å². The number of para-hydroxylation sites is 1. The van der Waals surface area contributed by atoms with Gasteiger partial charge in [-0.15, -0.1) is 0 Å². The maximum atomic E-state index is 12.9. The van der Waals surface area contributed by atoms with Crippen LogP contribution in [0.3, 0.4) is 0 Å². The van der Waals surface area contributed by atoms with E-state index in [1.54, 1.807) is 30.3 Å². The second-order valence-electron chi connectivity index (χ2n) is 8.71. The minimum Gasteiger partial charge on any atom is -0.379 e. The van der Waals surface area contributed by atoms with Crippen molar-refractivity contribution < 1.29 is 22.7 Å². The van der Waals surface area contributed by atoms with Gasteiger partial charge in [0, 0.05) is 32.6 Å². The maximum absolute atomic E-state index is 12.9. The van der Waals surface area contributed by atoms with E-state index < -0.39 is 10.0 Å². The molecule has 2 aromatic carbocycles. The molecule has 2 aromatic rings. The van der Waals surface area contributed by atoms with Crippen molar-refractivity contribution in [3.8, 4) is 0 Å². The number of amides is 2. The lowest BCUT2D eigenvalue weighted by molar-refractivity contribution is -0.116. The zero-order valence-electron chi connectivity index (χ0n) is 19.5. The van der Waals surface area contributed by atoms with E-state index in [1.807, 2.05) is 24.0 Å². The minimum absolute atomic E-state index is 0.0476. The highest BCUT2D eigenvalue weighted by Gasteiger charge is 2.26. The second-order valence-corrected chi connectivity index (χ2v) is 10.6. The zero-order valence-corrected chi connectivity index (χ0v) is 20.3. The summed E-state index contributed by atoms with van der Waals surface area (Å²) in [5, 5.41) is 2.93. The third kappa shape index (κ3) is 5.48. The summed E-state index contributed by atoms with van der Waals surface area (Å²) in [7, 11) is -3.54. The van der Waals surface area contributed by atoms with E-state index in [2.05, 4.69) is 5.32 Å². The van der Waals surface area contributed by atoms with Gasteiger partial charge in [-0.05, 0) is 55.5 Å². The van der Waals surface area contributed by atoms with Crippen LogP contribution in [0.15, 0.2) is 47.4 Å². The summed E-state index contributed by atoms with van der Waals surface area (Å²) in [5.41, 5.74) is 2.80. The molecule has 0 atom stereocenters. The first-order valence-electron chi connectivity index (χ1n) is 11.7. The molecule has 182 valence electrons. The van der Waals surface area contributed by atoms with Crippen LogP contribution >= 0.6 is 0 Å². The van der Waals surface area contributed by atoms with E-state index in [-0.39, 0.29) is 23.1 Å². The molecule has 0 saturated carbocycles. The van der Waals surface area contributed by atoms with Gasteiger partial charge in [0.05, 0.1) is 29.4 Å². The normalized spacial score (nSPS) is 17.0. The number of anilines is 1. The van der Waals surface area contributed by atoms with Crippen molar-refractivity contribution in [3.05, 3.63) is 59.2 Å². The summed E-state index contributed by atoms with van der Waals surface area (Å²) in [5.74, 6) is -0.233. The van der Waals surface area contributed by atoms with Crippen molar-refractivity contribution >= 4 is 27.5 Å². The molecule has 2 saturated heterocycles. The topological polar surface area (TPSA) is 96.0 Å². The number of aryl methyl sites for hydroxylation is 2. The number of carbonyl (C=O) groups excluding carboxylic acids is 2. The van der Waals surface area contributed by atoms with Crippen molar-refractivity contribution in [1.82, 2.24) is 9.21 Å². The summed E-state index contributed by atoms with van der Waals surface area (Å²) in [6, 6.07) is 12.1. The van der Waals surface area contributed by atoms with Gasteiger partial charge in [0.2, 0.25) is 15.9 Å². The van der Waals surface area contributed by atoms with Crippen LogP contribution in [0.4, 0.5) is 5.69 Å². The molecule has 2 amide bonds.